The molecule has 0 atom stereocenters. The molecule has 0 saturated carbocycles. The van der Waals surface area contributed by atoms with Crippen LogP contribution in [0.3, 0.4) is 0 Å². The zero-order valence-electron chi connectivity index (χ0n) is 14.2. The fraction of sp³-hybridized carbons (Fsp3) is 0.263. The number of nitrogens with zero attached hydrogens (tertiary/aromatic N) is 2. The van der Waals surface area contributed by atoms with Crippen LogP contribution < -0.4 is 9.47 Å². The molecule has 2 aromatic rings. The van der Waals surface area contributed by atoms with Crippen molar-refractivity contribution in [2.45, 2.75) is 12.8 Å². The van der Waals surface area contributed by atoms with Crippen LogP contribution >= 0.6 is 11.6 Å². The maximum Gasteiger partial charge on any atom is 0.247 e. The first-order valence-corrected chi connectivity index (χ1v) is 8.33. The van der Waals surface area contributed by atoms with E-state index >= 15 is 0 Å². The van der Waals surface area contributed by atoms with Crippen molar-refractivity contribution in [3.63, 3.8) is 0 Å². The summed E-state index contributed by atoms with van der Waals surface area (Å²) in [6.07, 6.45) is 0.959. The van der Waals surface area contributed by atoms with E-state index in [1.807, 2.05) is 30.3 Å². The number of hydrogen-bond acceptors (Lipinski definition) is 4. The minimum Gasteiger partial charge on any atom is -0.497 e. The van der Waals surface area contributed by atoms with Crippen molar-refractivity contribution in [3.05, 3.63) is 58.6 Å². The van der Waals surface area contributed by atoms with Crippen molar-refractivity contribution in [1.82, 2.24) is 5.01 Å². The van der Waals surface area contributed by atoms with Gasteiger partial charge < -0.3 is 9.47 Å². The van der Waals surface area contributed by atoms with Gasteiger partial charge in [-0.05, 0) is 29.8 Å². The molecule has 6 heteroatoms. The molecule has 0 aliphatic carbocycles. The second-order valence-corrected chi connectivity index (χ2v) is 6.12. The van der Waals surface area contributed by atoms with Crippen LogP contribution in [-0.2, 0) is 11.2 Å². The zero-order valence-corrected chi connectivity index (χ0v) is 14.9. The van der Waals surface area contributed by atoms with Gasteiger partial charge in [0, 0.05) is 23.1 Å². The lowest BCUT2D eigenvalue weighted by molar-refractivity contribution is -0.130. The van der Waals surface area contributed by atoms with Gasteiger partial charge in [0.25, 0.3) is 0 Å². The Morgan fingerprint density at radius 1 is 1.20 bits per heavy atom. The molecule has 5 nitrogen and oxygen atoms in total. The van der Waals surface area contributed by atoms with E-state index in [9.17, 15) is 4.79 Å². The maximum atomic E-state index is 12.5. The van der Waals surface area contributed by atoms with Gasteiger partial charge in [0.15, 0.2) is 0 Å². The SMILES string of the molecule is COc1ccc(C2=NN(C(=O)Cc3cccc(Cl)c3)CC2)c(OC)c1. The third kappa shape index (κ3) is 3.94. The molecule has 1 amide bonds. The van der Waals surface area contributed by atoms with Gasteiger partial charge in [-0.3, -0.25) is 4.79 Å². The summed E-state index contributed by atoms with van der Waals surface area (Å²) in [5, 5.41) is 6.63. The van der Waals surface area contributed by atoms with Crippen LogP contribution in [0.1, 0.15) is 17.5 Å². The lowest BCUT2D eigenvalue weighted by atomic mass is 10.1. The number of halogens is 1. The average Bonchev–Trinajstić information content (AvgIpc) is 3.11. The number of rotatable bonds is 5. The molecule has 0 unspecified atom stereocenters. The number of ether oxygens (including phenoxy) is 2. The maximum absolute atomic E-state index is 12.5. The molecule has 0 bridgehead atoms. The largest absolute Gasteiger partial charge is 0.497 e. The molecule has 130 valence electrons. The summed E-state index contributed by atoms with van der Waals surface area (Å²) in [5.41, 5.74) is 2.59. The molecule has 0 fully saturated rings. The molecule has 0 radical (unpaired) electrons. The Kier molecular flexibility index (Phi) is 5.24. The molecule has 0 aromatic heterocycles. The van der Waals surface area contributed by atoms with Gasteiger partial charge in [0.05, 0.1) is 32.9 Å². The molecule has 0 N–H and O–H groups in total. The number of hydrazone groups is 1. The first-order valence-electron chi connectivity index (χ1n) is 7.95. The van der Waals surface area contributed by atoms with Crippen LogP contribution in [0.25, 0.3) is 0 Å². The van der Waals surface area contributed by atoms with E-state index in [0.29, 0.717) is 29.5 Å². The van der Waals surface area contributed by atoms with Gasteiger partial charge in [-0.25, -0.2) is 5.01 Å². The normalized spacial score (nSPS) is 13.6. The summed E-state index contributed by atoms with van der Waals surface area (Å²) in [5.74, 6) is 1.35. The minimum atomic E-state index is -0.0512. The van der Waals surface area contributed by atoms with Crippen LogP contribution in [-0.4, -0.2) is 37.4 Å². The summed E-state index contributed by atoms with van der Waals surface area (Å²) in [6.45, 7) is 0.559. The Morgan fingerprint density at radius 2 is 2.04 bits per heavy atom. The first kappa shape index (κ1) is 17.3. The Labute approximate surface area is 151 Å². The summed E-state index contributed by atoms with van der Waals surface area (Å²) in [7, 11) is 3.22. The monoisotopic (exact) mass is 358 g/mol. The van der Waals surface area contributed by atoms with E-state index in [4.69, 9.17) is 21.1 Å². The summed E-state index contributed by atoms with van der Waals surface area (Å²) in [6, 6.07) is 12.9. The predicted octanol–water partition coefficient (Wildman–Crippen LogP) is 3.54. The minimum absolute atomic E-state index is 0.0512. The van der Waals surface area contributed by atoms with Gasteiger partial charge in [0.2, 0.25) is 5.91 Å². The lowest BCUT2D eigenvalue weighted by Crippen LogP contribution is -2.25. The number of hydrogen-bond donors (Lipinski definition) is 0. The average molecular weight is 359 g/mol. The van der Waals surface area contributed by atoms with E-state index in [2.05, 4.69) is 5.10 Å². The van der Waals surface area contributed by atoms with E-state index in [-0.39, 0.29) is 12.3 Å². The smallest absolute Gasteiger partial charge is 0.247 e. The van der Waals surface area contributed by atoms with Gasteiger partial charge >= 0.3 is 0 Å². The summed E-state index contributed by atoms with van der Waals surface area (Å²) in [4.78, 5) is 12.5. The highest BCUT2D eigenvalue weighted by Crippen LogP contribution is 2.28. The van der Waals surface area contributed by atoms with E-state index < -0.39 is 0 Å². The third-order valence-electron chi connectivity index (χ3n) is 4.05. The first-order chi connectivity index (χ1) is 12.1. The molecule has 3 rings (SSSR count). The molecule has 2 aromatic carbocycles. The highest BCUT2D eigenvalue weighted by Gasteiger charge is 2.23. The fourth-order valence-corrected chi connectivity index (χ4v) is 2.99. The predicted molar refractivity (Wildman–Crippen MR) is 97.6 cm³/mol. The van der Waals surface area contributed by atoms with Gasteiger partial charge in [-0.2, -0.15) is 5.10 Å². The van der Waals surface area contributed by atoms with Crippen molar-refractivity contribution in [2.75, 3.05) is 20.8 Å². The lowest BCUT2D eigenvalue weighted by Gasteiger charge is -2.11. The highest BCUT2D eigenvalue weighted by atomic mass is 35.5. The van der Waals surface area contributed by atoms with Gasteiger partial charge in [0.1, 0.15) is 11.5 Å². The van der Waals surface area contributed by atoms with Crippen LogP contribution in [0.2, 0.25) is 5.02 Å². The molecule has 1 aliphatic heterocycles. The Hall–Kier alpha value is -2.53. The molecular formula is C19H19ClN2O3. The van der Waals surface area contributed by atoms with Crippen molar-refractivity contribution in [1.29, 1.82) is 0 Å². The quantitative estimate of drug-likeness (QED) is 0.821. The van der Waals surface area contributed by atoms with Crippen molar-refractivity contribution in [2.24, 2.45) is 5.10 Å². The van der Waals surface area contributed by atoms with Gasteiger partial charge in [-0.1, -0.05) is 23.7 Å². The molecule has 1 heterocycles. The molecule has 0 saturated heterocycles. The standard InChI is InChI=1S/C19H19ClN2O3/c1-24-15-6-7-16(18(12-15)25-2)17-8-9-22(21-17)19(23)11-13-4-3-5-14(20)10-13/h3-7,10,12H,8-9,11H2,1-2H3. The Bertz CT molecular complexity index is 820. The van der Waals surface area contributed by atoms with Crippen molar-refractivity contribution < 1.29 is 14.3 Å². The van der Waals surface area contributed by atoms with E-state index in [1.54, 1.807) is 26.4 Å². The van der Waals surface area contributed by atoms with Crippen molar-refractivity contribution in [3.8, 4) is 11.5 Å². The van der Waals surface area contributed by atoms with Gasteiger partial charge in [-0.15, -0.1) is 0 Å². The molecule has 0 spiro atoms. The number of carbonyl (C=O) groups is 1. The van der Waals surface area contributed by atoms with Crippen molar-refractivity contribution >= 4 is 23.2 Å². The number of methoxy groups -OCH3 is 2. The zero-order chi connectivity index (χ0) is 17.8. The Balaban J connectivity index is 1.77. The summed E-state index contributed by atoms with van der Waals surface area (Å²) < 4.78 is 10.6. The highest BCUT2D eigenvalue weighted by molar-refractivity contribution is 6.30. The number of amides is 1. The van der Waals surface area contributed by atoms with Crippen LogP contribution in [0, 0.1) is 0 Å². The van der Waals surface area contributed by atoms with Crippen LogP contribution in [0.15, 0.2) is 47.6 Å². The Morgan fingerprint density at radius 3 is 2.76 bits per heavy atom. The summed E-state index contributed by atoms with van der Waals surface area (Å²) >= 11 is 5.97. The molecule has 25 heavy (non-hydrogen) atoms. The van der Waals surface area contributed by atoms with E-state index in [0.717, 1.165) is 16.8 Å². The van der Waals surface area contributed by atoms with Crippen LogP contribution in [0.5, 0.6) is 11.5 Å². The molecular weight excluding hydrogens is 340 g/mol. The second-order valence-electron chi connectivity index (χ2n) is 5.69. The number of carbonyl (C=O) groups excluding carboxylic acids is 1. The van der Waals surface area contributed by atoms with Crippen LogP contribution in [0.4, 0.5) is 0 Å². The third-order valence-corrected chi connectivity index (χ3v) is 4.29. The fourth-order valence-electron chi connectivity index (χ4n) is 2.78. The molecule has 1 aliphatic rings. The number of benzene rings is 2. The van der Waals surface area contributed by atoms with E-state index in [1.165, 1.54) is 5.01 Å². The second kappa shape index (κ2) is 7.57. The topological polar surface area (TPSA) is 51.1 Å².